The number of anilines is 1. The molecule has 2 N–H and O–H groups in total. The smallest absolute Gasteiger partial charge is 0.225 e. The number of guanidine groups is 1. The third-order valence-electron chi connectivity index (χ3n) is 5.54. The molecule has 0 aliphatic carbocycles. The minimum atomic E-state index is 0. The molecule has 2 aliphatic rings. The molecule has 0 amide bonds. The largest absolute Gasteiger partial charge is 0.379 e. The number of nitrogens with two attached hydrogens (primary N) is 1. The van der Waals surface area contributed by atoms with Crippen molar-refractivity contribution in [1.29, 1.82) is 0 Å². The number of piperazine rings is 1. The molecule has 2 saturated heterocycles. The molecule has 8 nitrogen and oxygen atoms in total. The summed E-state index contributed by atoms with van der Waals surface area (Å²) in [7, 11) is 0. The quantitative estimate of drug-likeness (QED) is 0.362. The highest BCUT2D eigenvalue weighted by atomic mass is 127. The Kier molecular flexibility index (Phi) is 8.64. The number of ether oxygens (including phenoxy) is 1. The molecule has 2 aliphatic heterocycles. The van der Waals surface area contributed by atoms with Gasteiger partial charge in [-0.2, -0.15) is 0 Å². The molecule has 0 radical (unpaired) electrons. The second-order valence-electron chi connectivity index (χ2n) is 7.30. The summed E-state index contributed by atoms with van der Waals surface area (Å²) in [6.45, 7) is 7.35. The molecule has 2 fully saturated rings. The number of rotatable bonds is 5. The summed E-state index contributed by atoms with van der Waals surface area (Å²) in [5.74, 6) is 1.40. The SMILES string of the molecule is I.NC(=NCC(c1ccccc1)N1CCOCC1)N1CCN(c2ncccn2)CC1. The predicted octanol–water partition coefficient (Wildman–Crippen LogP) is 1.60. The van der Waals surface area contributed by atoms with Crippen LogP contribution in [-0.4, -0.2) is 84.8 Å². The Bertz CT molecular complexity index is 778. The molecule has 30 heavy (non-hydrogen) atoms. The van der Waals surface area contributed by atoms with Crippen LogP contribution in [0.4, 0.5) is 5.95 Å². The number of hydrogen-bond acceptors (Lipinski definition) is 6. The van der Waals surface area contributed by atoms with Gasteiger partial charge in [0.15, 0.2) is 5.96 Å². The standard InChI is InChI=1S/C21H29N7O.HI/c22-20(27-9-11-28(12-10-27)21-23-7-4-8-24-21)25-17-19(18-5-2-1-3-6-18)26-13-15-29-16-14-26;/h1-8,19H,9-17H2,(H2,22,25);1H. The van der Waals surface area contributed by atoms with Crippen molar-refractivity contribution in [2.75, 3.05) is 63.9 Å². The molecule has 9 heteroatoms. The summed E-state index contributed by atoms with van der Waals surface area (Å²) in [4.78, 5) is 20.2. The third kappa shape index (κ3) is 5.79. The van der Waals surface area contributed by atoms with Crippen LogP contribution >= 0.6 is 24.0 Å². The second kappa shape index (κ2) is 11.4. The molecule has 1 aromatic heterocycles. The summed E-state index contributed by atoms with van der Waals surface area (Å²) in [6.07, 6.45) is 3.56. The van der Waals surface area contributed by atoms with Crippen molar-refractivity contribution >= 4 is 35.9 Å². The van der Waals surface area contributed by atoms with Gasteiger partial charge in [0.25, 0.3) is 0 Å². The number of aliphatic imine (C=N–C) groups is 1. The highest BCUT2D eigenvalue weighted by molar-refractivity contribution is 14.0. The van der Waals surface area contributed by atoms with Crippen molar-refractivity contribution in [1.82, 2.24) is 19.8 Å². The zero-order chi connectivity index (χ0) is 19.9. The first-order chi connectivity index (χ1) is 14.3. The summed E-state index contributed by atoms with van der Waals surface area (Å²) >= 11 is 0. The van der Waals surface area contributed by atoms with E-state index in [-0.39, 0.29) is 30.0 Å². The van der Waals surface area contributed by atoms with Gasteiger partial charge in [-0.05, 0) is 11.6 Å². The lowest BCUT2D eigenvalue weighted by atomic mass is 10.1. The van der Waals surface area contributed by atoms with Crippen LogP contribution in [0.5, 0.6) is 0 Å². The van der Waals surface area contributed by atoms with Gasteiger partial charge in [-0.1, -0.05) is 30.3 Å². The number of nitrogens with zero attached hydrogens (tertiary/aromatic N) is 6. The fourth-order valence-corrected chi connectivity index (χ4v) is 3.87. The van der Waals surface area contributed by atoms with Crippen LogP contribution in [0.3, 0.4) is 0 Å². The summed E-state index contributed by atoms with van der Waals surface area (Å²) < 4.78 is 5.53. The Labute approximate surface area is 195 Å². The van der Waals surface area contributed by atoms with Crippen LogP contribution in [0.2, 0.25) is 0 Å². The molecule has 2 aromatic rings. The molecule has 0 bridgehead atoms. The van der Waals surface area contributed by atoms with Gasteiger partial charge < -0.3 is 20.3 Å². The van der Waals surface area contributed by atoms with Gasteiger partial charge in [-0.25, -0.2) is 9.97 Å². The Morgan fingerprint density at radius 1 is 0.967 bits per heavy atom. The molecule has 0 saturated carbocycles. The van der Waals surface area contributed by atoms with Crippen molar-refractivity contribution < 1.29 is 4.74 Å². The van der Waals surface area contributed by atoms with Gasteiger partial charge in [-0.15, -0.1) is 24.0 Å². The van der Waals surface area contributed by atoms with Crippen LogP contribution in [0, 0.1) is 0 Å². The van der Waals surface area contributed by atoms with Crippen LogP contribution in [0.25, 0.3) is 0 Å². The van der Waals surface area contributed by atoms with Crippen molar-refractivity contribution in [3.05, 3.63) is 54.4 Å². The normalized spacial score (nSPS) is 19.3. The van der Waals surface area contributed by atoms with E-state index in [2.05, 4.69) is 48.9 Å². The van der Waals surface area contributed by atoms with E-state index < -0.39 is 0 Å². The molecule has 162 valence electrons. The molecular formula is C21H30IN7O. The zero-order valence-corrected chi connectivity index (χ0v) is 19.5. The van der Waals surface area contributed by atoms with Crippen molar-refractivity contribution in [3.8, 4) is 0 Å². The number of morpholine rings is 1. The minimum Gasteiger partial charge on any atom is -0.379 e. The van der Waals surface area contributed by atoms with Gasteiger partial charge in [0.05, 0.1) is 25.8 Å². The van der Waals surface area contributed by atoms with E-state index in [4.69, 9.17) is 15.5 Å². The fraction of sp³-hybridized carbons (Fsp3) is 0.476. The maximum Gasteiger partial charge on any atom is 0.225 e. The lowest BCUT2D eigenvalue weighted by Crippen LogP contribution is -2.51. The number of benzene rings is 1. The first-order valence-electron chi connectivity index (χ1n) is 10.2. The molecule has 4 rings (SSSR count). The summed E-state index contributed by atoms with van der Waals surface area (Å²) in [5.41, 5.74) is 7.65. The second-order valence-corrected chi connectivity index (χ2v) is 7.30. The Morgan fingerprint density at radius 3 is 2.30 bits per heavy atom. The Hall–Kier alpha value is -1.98. The van der Waals surface area contributed by atoms with Gasteiger partial charge >= 0.3 is 0 Å². The van der Waals surface area contributed by atoms with Gasteiger partial charge in [0, 0.05) is 51.7 Å². The average molecular weight is 523 g/mol. The number of halogens is 1. The van der Waals surface area contributed by atoms with Crippen LogP contribution < -0.4 is 10.6 Å². The van der Waals surface area contributed by atoms with Gasteiger partial charge in [0.2, 0.25) is 5.95 Å². The monoisotopic (exact) mass is 523 g/mol. The lowest BCUT2D eigenvalue weighted by Gasteiger charge is -2.36. The summed E-state index contributed by atoms with van der Waals surface area (Å²) in [5, 5.41) is 0. The van der Waals surface area contributed by atoms with E-state index in [9.17, 15) is 0 Å². The summed E-state index contributed by atoms with van der Waals surface area (Å²) in [6, 6.07) is 12.6. The topological polar surface area (TPSA) is 83.1 Å². The maximum absolute atomic E-state index is 6.37. The average Bonchev–Trinajstić information content (AvgIpc) is 2.81. The Balaban J connectivity index is 0.00000256. The number of hydrogen-bond donors (Lipinski definition) is 1. The maximum atomic E-state index is 6.37. The molecule has 0 spiro atoms. The first-order valence-corrected chi connectivity index (χ1v) is 10.2. The molecule has 3 heterocycles. The van der Waals surface area contributed by atoms with E-state index >= 15 is 0 Å². The highest BCUT2D eigenvalue weighted by Crippen LogP contribution is 2.22. The van der Waals surface area contributed by atoms with E-state index in [0.717, 1.165) is 58.4 Å². The predicted molar refractivity (Wildman–Crippen MR) is 129 cm³/mol. The van der Waals surface area contributed by atoms with Gasteiger partial charge in [-0.3, -0.25) is 9.89 Å². The highest BCUT2D eigenvalue weighted by Gasteiger charge is 2.24. The molecule has 1 unspecified atom stereocenters. The number of aromatic nitrogens is 2. The van der Waals surface area contributed by atoms with Crippen LogP contribution in [-0.2, 0) is 4.74 Å². The minimum absolute atomic E-state index is 0. The van der Waals surface area contributed by atoms with Gasteiger partial charge in [0.1, 0.15) is 0 Å². The van der Waals surface area contributed by atoms with Crippen LogP contribution in [0.1, 0.15) is 11.6 Å². The van der Waals surface area contributed by atoms with Crippen molar-refractivity contribution in [3.63, 3.8) is 0 Å². The lowest BCUT2D eigenvalue weighted by molar-refractivity contribution is 0.0179. The zero-order valence-electron chi connectivity index (χ0n) is 17.1. The van der Waals surface area contributed by atoms with Crippen molar-refractivity contribution in [2.24, 2.45) is 10.7 Å². The van der Waals surface area contributed by atoms with E-state index in [0.29, 0.717) is 12.5 Å². The van der Waals surface area contributed by atoms with Crippen molar-refractivity contribution in [2.45, 2.75) is 6.04 Å². The Morgan fingerprint density at radius 2 is 1.63 bits per heavy atom. The molecule has 1 atom stereocenters. The van der Waals surface area contributed by atoms with E-state index in [1.807, 2.05) is 12.1 Å². The first kappa shape index (κ1) is 22.7. The molecule has 1 aromatic carbocycles. The van der Waals surface area contributed by atoms with E-state index in [1.54, 1.807) is 12.4 Å². The third-order valence-corrected chi connectivity index (χ3v) is 5.54. The van der Waals surface area contributed by atoms with E-state index in [1.165, 1.54) is 5.56 Å². The fourth-order valence-electron chi connectivity index (χ4n) is 3.87. The van der Waals surface area contributed by atoms with Crippen LogP contribution in [0.15, 0.2) is 53.8 Å². The molecular weight excluding hydrogens is 493 g/mol.